The summed E-state index contributed by atoms with van der Waals surface area (Å²) in [6.45, 7) is 1.39. The van der Waals surface area contributed by atoms with E-state index >= 15 is 0 Å². The number of para-hydroxylation sites is 1. The number of amides is 1. The number of carbonyl (C=O) groups excluding carboxylic acids is 1. The molecule has 0 saturated carbocycles. The SMILES string of the molecule is COc1ccc(OC)c(SCC(=O)N2CCc3c([nH]c4ccccc34)C2)c1. The molecule has 27 heavy (non-hydrogen) atoms. The number of thioether (sulfide) groups is 1. The van der Waals surface area contributed by atoms with E-state index in [1.165, 1.54) is 22.7 Å². The zero-order valence-corrected chi connectivity index (χ0v) is 16.3. The molecule has 0 fully saturated rings. The summed E-state index contributed by atoms with van der Waals surface area (Å²) in [5.74, 6) is 2.02. The molecule has 0 saturated heterocycles. The molecular weight excluding hydrogens is 360 g/mol. The molecule has 0 bridgehead atoms. The second-order valence-corrected chi connectivity index (χ2v) is 7.52. The van der Waals surface area contributed by atoms with E-state index in [-0.39, 0.29) is 5.91 Å². The minimum Gasteiger partial charge on any atom is -0.497 e. The van der Waals surface area contributed by atoms with E-state index < -0.39 is 0 Å². The van der Waals surface area contributed by atoms with Gasteiger partial charge in [0.1, 0.15) is 11.5 Å². The summed E-state index contributed by atoms with van der Waals surface area (Å²) >= 11 is 1.48. The zero-order valence-electron chi connectivity index (χ0n) is 15.5. The van der Waals surface area contributed by atoms with E-state index in [0.29, 0.717) is 12.3 Å². The number of ether oxygens (including phenoxy) is 2. The number of carbonyl (C=O) groups is 1. The van der Waals surface area contributed by atoms with Gasteiger partial charge in [0.2, 0.25) is 5.91 Å². The Morgan fingerprint density at radius 2 is 2.04 bits per heavy atom. The second kappa shape index (κ2) is 7.56. The van der Waals surface area contributed by atoms with E-state index in [0.717, 1.165) is 40.6 Å². The van der Waals surface area contributed by atoms with Crippen LogP contribution in [-0.4, -0.2) is 42.3 Å². The van der Waals surface area contributed by atoms with Crippen molar-refractivity contribution in [3.8, 4) is 11.5 Å². The number of aromatic amines is 1. The summed E-state index contributed by atoms with van der Waals surface area (Å²) in [6.07, 6.45) is 0.887. The van der Waals surface area contributed by atoms with Crippen LogP contribution in [0.5, 0.6) is 11.5 Å². The fraction of sp³-hybridized carbons (Fsp3) is 0.286. The van der Waals surface area contributed by atoms with Crippen LogP contribution < -0.4 is 9.47 Å². The molecular formula is C21H22N2O3S. The van der Waals surface area contributed by atoms with Gasteiger partial charge in [-0.3, -0.25) is 4.79 Å². The third-order valence-corrected chi connectivity index (χ3v) is 5.98. The van der Waals surface area contributed by atoms with E-state index in [1.807, 2.05) is 29.2 Å². The van der Waals surface area contributed by atoms with Gasteiger partial charge in [0.05, 0.1) is 31.4 Å². The molecule has 2 heterocycles. The number of hydrogen-bond acceptors (Lipinski definition) is 4. The molecule has 6 heteroatoms. The molecule has 0 unspecified atom stereocenters. The molecule has 1 aliphatic rings. The van der Waals surface area contributed by atoms with Crippen molar-refractivity contribution in [1.82, 2.24) is 9.88 Å². The molecule has 4 rings (SSSR count). The molecule has 1 amide bonds. The second-order valence-electron chi connectivity index (χ2n) is 6.50. The molecule has 0 aliphatic carbocycles. The van der Waals surface area contributed by atoms with Crippen molar-refractivity contribution in [3.63, 3.8) is 0 Å². The number of H-pyrrole nitrogens is 1. The third-order valence-electron chi connectivity index (χ3n) is 4.96. The Hall–Kier alpha value is -2.60. The van der Waals surface area contributed by atoms with Crippen molar-refractivity contribution in [3.05, 3.63) is 53.7 Å². The van der Waals surface area contributed by atoms with Crippen LogP contribution in [0.1, 0.15) is 11.3 Å². The number of nitrogens with one attached hydrogen (secondary N) is 1. The van der Waals surface area contributed by atoms with Crippen molar-refractivity contribution >= 4 is 28.6 Å². The first-order chi connectivity index (χ1) is 13.2. The van der Waals surface area contributed by atoms with Crippen LogP contribution in [0.15, 0.2) is 47.4 Å². The van der Waals surface area contributed by atoms with Crippen molar-refractivity contribution in [2.45, 2.75) is 17.9 Å². The Labute approximate surface area is 162 Å². The van der Waals surface area contributed by atoms with Crippen molar-refractivity contribution in [2.75, 3.05) is 26.5 Å². The fourth-order valence-electron chi connectivity index (χ4n) is 3.53. The van der Waals surface area contributed by atoms with Crippen molar-refractivity contribution in [1.29, 1.82) is 0 Å². The molecule has 1 aromatic heterocycles. The first-order valence-corrected chi connectivity index (χ1v) is 9.89. The zero-order chi connectivity index (χ0) is 18.8. The van der Waals surface area contributed by atoms with Crippen LogP contribution in [0, 0.1) is 0 Å². The number of methoxy groups -OCH3 is 2. The number of nitrogens with zero attached hydrogens (tertiary/aromatic N) is 1. The lowest BCUT2D eigenvalue weighted by molar-refractivity contribution is -0.129. The number of aromatic nitrogens is 1. The van der Waals surface area contributed by atoms with Crippen LogP contribution in [0.3, 0.4) is 0 Å². The molecule has 1 N–H and O–H groups in total. The summed E-state index contributed by atoms with van der Waals surface area (Å²) in [5, 5.41) is 1.27. The van der Waals surface area contributed by atoms with Gasteiger partial charge in [0.15, 0.2) is 0 Å². The normalized spacial score (nSPS) is 13.5. The Morgan fingerprint density at radius 3 is 2.85 bits per heavy atom. The highest BCUT2D eigenvalue weighted by atomic mass is 32.2. The Morgan fingerprint density at radius 1 is 1.19 bits per heavy atom. The van der Waals surface area contributed by atoms with Crippen LogP contribution in [0.25, 0.3) is 10.9 Å². The first-order valence-electron chi connectivity index (χ1n) is 8.90. The summed E-state index contributed by atoms with van der Waals surface area (Å²) in [4.78, 5) is 19.1. The van der Waals surface area contributed by atoms with E-state index in [1.54, 1.807) is 14.2 Å². The average Bonchev–Trinajstić information content (AvgIpc) is 3.09. The van der Waals surface area contributed by atoms with Gasteiger partial charge in [-0.25, -0.2) is 0 Å². The number of benzene rings is 2. The number of hydrogen-bond donors (Lipinski definition) is 1. The summed E-state index contributed by atoms with van der Waals surface area (Å²) in [6, 6.07) is 14.0. The minimum atomic E-state index is 0.133. The van der Waals surface area contributed by atoms with Gasteiger partial charge in [-0.1, -0.05) is 18.2 Å². The van der Waals surface area contributed by atoms with Crippen molar-refractivity contribution < 1.29 is 14.3 Å². The molecule has 1 aliphatic heterocycles. The largest absolute Gasteiger partial charge is 0.497 e. The van der Waals surface area contributed by atoms with Crippen LogP contribution in [-0.2, 0) is 17.8 Å². The van der Waals surface area contributed by atoms with Gasteiger partial charge < -0.3 is 19.4 Å². The topological polar surface area (TPSA) is 54.6 Å². The predicted molar refractivity (Wildman–Crippen MR) is 108 cm³/mol. The summed E-state index contributed by atoms with van der Waals surface area (Å²) in [7, 11) is 3.27. The fourth-order valence-corrected chi connectivity index (χ4v) is 4.49. The Balaban J connectivity index is 1.45. The summed E-state index contributed by atoms with van der Waals surface area (Å²) in [5.41, 5.74) is 3.64. The highest BCUT2D eigenvalue weighted by Crippen LogP contribution is 2.33. The van der Waals surface area contributed by atoms with E-state index in [9.17, 15) is 4.79 Å². The van der Waals surface area contributed by atoms with Crippen molar-refractivity contribution in [2.24, 2.45) is 0 Å². The standard InChI is InChI=1S/C21H22N2O3S/c1-25-14-7-8-19(26-2)20(11-14)27-13-21(24)23-10-9-16-15-5-3-4-6-17(15)22-18(16)12-23/h3-8,11,22H,9-10,12-13H2,1-2H3. The minimum absolute atomic E-state index is 0.133. The molecule has 3 aromatic rings. The lowest BCUT2D eigenvalue weighted by atomic mass is 10.0. The quantitative estimate of drug-likeness (QED) is 0.681. The molecule has 0 atom stereocenters. The molecule has 0 spiro atoms. The van der Waals surface area contributed by atoms with Gasteiger partial charge in [0.25, 0.3) is 0 Å². The molecule has 140 valence electrons. The maximum Gasteiger partial charge on any atom is 0.233 e. The highest BCUT2D eigenvalue weighted by molar-refractivity contribution is 8.00. The number of fused-ring (bicyclic) bond motifs is 3. The molecule has 2 aromatic carbocycles. The lowest BCUT2D eigenvalue weighted by Gasteiger charge is -2.27. The predicted octanol–water partition coefficient (Wildman–Crippen LogP) is 3.86. The molecule has 5 nitrogen and oxygen atoms in total. The third kappa shape index (κ3) is 3.49. The van der Waals surface area contributed by atoms with E-state index in [2.05, 4.69) is 23.2 Å². The Kier molecular flexibility index (Phi) is 4.99. The summed E-state index contributed by atoms with van der Waals surface area (Å²) < 4.78 is 10.7. The van der Waals surface area contributed by atoms with Crippen LogP contribution in [0.2, 0.25) is 0 Å². The maximum atomic E-state index is 12.8. The van der Waals surface area contributed by atoms with E-state index in [4.69, 9.17) is 9.47 Å². The molecule has 0 radical (unpaired) electrons. The van der Waals surface area contributed by atoms with Gasteiger partial charge in [-0.05, 0) is 36.2 Å². The van der Waals surface area contributed by atoms with Crippen LogP contribution in [0.4, 0.5) is 0 Å². The first kappa shape index (κ1) is 17.8. The van der Waals surface area contributed by atoms with Gasteiger partial charge in [-0.15, -0.1) is 11.8 Å². The Bertz CT molecular complexity index is 983. The van der Waals surface area contributed by atoms with Crippen LogP contribution >= 0.6 is 11.8 Å². The maximum absolute atomic E-state index is 12.8. The monoisotopic (exact) mass is 382 g/mol. The van der Waals surface area contributed by atoms with Gasteiger partial charge in [-0.2, -0.15) is 0 Å². The van der Waals surface area contributed by atoms with Gasteiger partial charge >= 0.3 is 0 Å². The smallest absolute Gasteiger partial charge is 0.233 e. The average molecular weight is 382 g/mol. The number of rotatable bonds is 5. The van der Waals surface area contributed by atoms with Gasteiger partial charge in [0, 0.05) is 23.1 Å². The lowest BCUT2D eigenvalue weighted by Crippen LogP contribution is -2.37. The highest BCUT2D eigenvalue weighted by Gasteiger charge is 2.24.